The second-order valence-corrected chi connectivity index (χ2v) is 11.2. The number of aliphatic hydroxyl groups excluding tert-OH is 2. The lowest BCUT2D eigenvalue weighted by Crippen LogP contribution is -2.47. The van der Waals surface area contributed by atoms with Gasteiger partial charge in [-0.05, 0) is 79.8 Å². The maximum absolute atomic E-state index is 12.3. The van der Waals surface area contributed by atoms with Crippen LogP contribution in [0.1, 0.15) is 80.9 Å². The van der Waals surface area contributed by atoms with Gasteiger partial charge in [0.2, 0.25) is 0 Å². The largest absolute Gasteiger partial charge is 0.493 e. The van der Waals surface area contributed by atoms with Crippen LogP contribution >= 0.6 is 23.2 Å². The minimum Gasteiger partial charge on any atom is -0.493 e. The molecule has 0 radical (unpaired) electrons. The van der Waals surface area contributed by atoms with Crippen molar-refractivity contribution in [2.24, 2.45) is 5.73 Å². The monoisotopic (exact) mass is 591 g/mol. The predicted molar refractivity (Wildman–Crippen MR) is 153 cm³/mol. The number of rotatable bonds is 19. The summed E-state index contributed by atoms with van der Waals surface area (Å²) in [6.45, 7) is -0.0232. The molecule has 39 heavy (non-hydrogen) atoms. The van der Waals surface area contributed by atoms with Crippen LogP contribution in [0.4, 0.5) is 13.2 Å². The minimum atomic E-state index is -4.06. The minimum absolute atomic E-state index is 0.207. The molecule has 0 heterocycles. The van der Waals surface area contributed by atoms with E-state index in [0.717, 1.165) is 73.8 Å². The molecular weight excluding hydrogens is 550 g/mol. The molecule has 0 aliphatic carbocycles. The first kappa shape index (κ1) is 33.7. The molecule has 0 unspecified atom stereocenters. The van der Waals surface area contributed by atoms with Gasteiger partial charge < -0.3 is 20.7 Å². The van der Waals surface area contributed by atoms with Crippen LogP contribution in [0.2, 0.25) is 10.0 Å². The van der Waals surface area contributed by atoms with Gasteiger partial charge >= 0.3 is 6.18 Å². The van der Waals surface area contributed by atoms with E-state index in [0.29, 0.717) is 35.9 Å². The maximum Gasteiger partial charge on any atom is 0.389 e. The quantitative estimate of drug-likeness (QED) is 0.145. The number of aryl methyl sites for hydroxylation is 3. The molecule has 2 aromatic carbocycles. The van der Waals surface area contributed by atoms with E-state index in [1.807, 2.05) is 24.3 Å². The SMILES string of the molecule is NC(CO)(CO)CCc1ccc(OCCCc2ccc(Cl)c(Cl)c2)c(CCCCCCCCCC(F)(F)F)c1. The summed E-state index contributed by atoms with van der Waals surface area (Å²) in [6.07, 6.45) is 4.34. The summed E-state index contributed by atoms with van der Waals surface area (Å²) in [5.41, 5.74) is 8.29. The number of nitrogens with two attached hydrogens (primary N) is 1. The molecule has 0 amide bonds. The van der Waals surface area contributed by atoms with Crippen LogP contribution in [0.5, 0.6) is 5.75 Å². The molecule has 0 saturated carbocycles. The van der Waals surface area contributed by atoms with Crippen molar-refractivity contribution in [3.05, 3.63) is 63.1 Å². The Bertz CT molecular complexity index is 984. The Hall–Kier alpha value is -1.51. The first-order chi connectivity index (χ1) is 18.5. The van der Waals surface area contributed by atoms with E-state index < -0.39 is 18.1 Å². The highest BCUT2D eigenvalue weighted by Gasteiger charge is 2.25. The number of hydrogen-bond acceptors (Lipinski definition) is 4. The Morgan fingerprint density at radius 1 is 0.692 bits per heavy atom. The molecule has 0 fully saturated rings. The maximum atomic E-state index is 12.3. The molecular formula is C30H42Cl2F3NO3. The van der Waals surface area contributed by atoms with E-state index in [4.69, 9.17) is 33.7 Å². The van der Waals surface area contributed by atoms with E-state index in [2.05, 4.69) is 6.07 Å². The summed E-state index contributed by atoms with van der Waals surface area (Å²) in [4.78, 5) is 0. The fourth-order valence-electron chi connectivity index (χ4n) is 4.40. The van der Waals surface area contributed by atoms with Gasteiger partial charge in [-0.1, -0.05) is 73.5 Å². The Balaban J connectivity index is 1.87. The molecule has 4 N–H and O–H groups in total. The molecule has 9 heteroatoms. The van der Waals surface area contributed by atoms with Gasteiger partial charge in [0.05, 0.1) is 35.4 Å². The average Bonchev–Trinajstić information content (AvgIpc) is 2.90. The highest BCUT2D eigenvalue weighted by atomic mass is 35.5. The van der Waals surface area contributed by atoms with Crippen molar-refractivity contribution in [1.29, 1.82) is 0 Å². The summed E-state index contributed by atoms with van der Waals surface area (Å²) < 4.78 is 42.9. The molecule has 0 aromatic heterocycles. The van der Waals surface area contributed by atoms with E-state index >= 15 is 0 Å². The van der Waals surface area contributed by atoms with Gasteiger partial charge in [-0.15, -0.1) is 0 Å². The van der Waals surface area contributed by atoms with E-state index in [1.54, 1.807) is 6.07 Å². The first-order valence-corrected chi connectivity index (χ1v) is 14.6. The van der Waals surface area contributed by atoms with Gasteiger partial charge in [0, 0.05) is 6.42 Å². The molecule has 0 aliphatic rings. The molecule has 2 rings (SSSR count). The number of ether oxygens (including phenoxy) is 1. The zero-order chi connectivity index (χ0) is 28.7. The zero-order valence-electron chi connectivity index (χ0n) is 22.5. The molecule has 2 aromatic rings. The van der Waals surface area contributed by atoms with E-state index in [-0.39, 0.29) is 19.6 Å². The zero-order valence-corrected chi connectivity index (χ0v) is 24.1. The van der Waals surface area contributed by atoms with Crippen LogP contribution in [0, 0.1) is 0 Å². The molecule has 0 spiro atoms. The third-order valence-electron chi connectivity index (χ3n) is 6.92. The standard InChI is InChI=1S/C30H42Cl2F3NO3/c31-26-13-11-23(20-27(26)32)9-8-18-39-28-14-12-24(15-17-29(36,21-37)22-38)19-25(28)10-6-4-2-1-3-5-7-16-30(33,34)35/h11-14,19-20,37-38H,1-10,15-18,21-22,36H2. The molecule has 0 atom stereocenters. The smallest absolute Gasteiger partial charge is 0.389 e. The molecule has 0 saturated heterocycles. The predicted octanol–water partition coefficient (Wildman–Crippen LogP) is 7.85. The normalized spacial score (nSPS) is 12.2. The number of halogens is 5. The third kappa shape index (κ3) is 13.6. The summed E-state index contributed by atoms with van der Waals surface area (Å²) in [5.74, 6) is 0.836. The van der Waals surface area contributed by atoms with Crippen molar-refractivity contribution in [1.82, 2.24) is 0 Å². The van der Waals surface area contributed by atoms with Gasteiger partial charge in [-0.3, -0.25) is 0 Å². The van der Waals surface area contributed by atoms with Crippen LogP contribution in [-0.2, 0) is 19.3 Å². The highest BCUT2D eigenvalue weighted by molar-refractivity contribution is 6.42. The Labute approximate surface area is 240 Å². The van der Waals surface area contributed by atoms with Crippen LogP contribution in [-0.4, -0.2) is 41.7 Å². The summed E-state index contributed by atoms with van der Waals surface area (Å²) in [5, 5.41) is 20.1. The second-order valence-electron chi connectivity index (χ2n) is 10.4. The van der Waals surface area contributed by atoms with Crippen molar-refractivity contribution in [3.8, 4) is 5.75 Å². The number of benzene rings is 2. The molecule has 0 aliphatic heterocycles. The summed E-state index contributed by atoms with van der Waals surface area (Å²) in [6, 6.07) is 11.7. The summed E-state index contributed by atoms with van der Waals surface area (Å²) in [7, 11) is 0. The van der Waals surface area contributed by atoms with Crippen molar-refractivity contribution < 1.29 is 28.1 Å². The molecule has 220 valence electrons. The fraction of sp³-hybridized carbons (Fsp3) is 0.600. The van der Waals surface area contributed by atoms with Crippen LogP contribution in [0.15, 0.2) is 36.4 Å². The molecule has 4 nitrogen and oxygen atoms in total. The highest BCUT2D eigenvalue weighted by Crippen LogP contribution is 2.27. The number of hydrogen-bond donors (Lipinski definition) is 3. The van der Waals surface area contributed by atoms with Crippen LogP contribution < -0.4 is 10.5 Å². The number of alkyl halides is 3. The lowest BCUT2D eigenvalue weighted by Gasteiger charge is -2.24. The number of unbranched alkanes of at least 4 members (excludes halogenated alkanes) is 6. The van der Waals surface area contributed by atoms with Crippen LogP contribution in [0.25, 0.3) is 0 Å². The van der Waals surface area contributed by atoms with E-state index in [1.165, 1.54) is 0 Å². The Kier molecular flexibility index (Phi) is 15.0. The van der Waals surface area contributed by atoms with Crippen molar-refractivity contribution in [3.63, 3.8) is 0 Å². The van der Waals surface area contributed by atoms with Crippen molar-refractivity contribution in [2.75, 3.05) is 19.8 Å². The van der Waals surface area contributed by atoms with Gasteiger partial charge in [-0.2, -0.15) is 13.2 Å². The van der Waals surface area contributed by atoms with Crippen LogP contribution in [0.3, 0.4) is 0 Å². The van der Waals surface area contributed by atoms with E-state index in [9.17, 15) is 23.4 Å². The van der Waals surface area contributed by atoms with Gasteiger partial charge in [0.15, 0.2) is 0 Å². The number of aliphatic hydroxyl groups is 2. The topological polar surface area (TPSA) is 75.7 Å². The third-order valence-corrected chi connectivity index (χ3v) is 7.66. The lowest BCUT2D eigenvalue weighted by atomic mass is 9.92. The van der Waals surface area contributed by atoms with Gasteiger partial charge in [-0.25, -0.2) is 0 Å². The van der Waals surface area contributed by atoms with Gasteiger partial charge in [0.1, 0.15) is 5.75 Å². The molecule has 0 bridgehead atoms. The van der Waals surface area contributed by atoms with Crippen molar-refractivity contribution >= 4 is 23.2 Å². The second kappa shape index (κ2) is 17.3. The Morgan fingerprint density at radius 2 is 1.31 bits per heavy atom. The first-order valence-electron chi connectivity index (χ1n) is 13.8. The van der Waals surface area contributed by atoms with Crippen molar-refractivity contribution in [2.45, 2.75) is 95.2 Å². The van der Waals surface area contributed by atoms with Gasteiger partial charge in [0.25, 0.3) is 0 Å². The fourth-order valence-corrected chi connectivity index (χ4v) is 4.72. The lowest BCUT2D eigenvalue weighted by molar-refractivity contribution is -0.135. The summed E-state index contributed by atoms with van der Waals surface area (Å²) >= 11 is 12.1. The average molecular weight is 593 g/mol. The Morgan fingerprint density at radius 3 is 1.95 bits per heavy atom.